The highest BCUT2D eigenvalue weighted by Gasteiger charge is 2.36. The number of benzene rings is 2. The number of carbonyl (C=O) groups is 2. The summed E-state index contributed by atoms with van der Waals surface area (Å²) in [7, 11) is 0. The van der Waals surface area contributed by atoms with E-state index in [-0.39, 0.29) is 16.4 Å². The first kappa shape index (κ1) is 21.5. The van der Waals surface area contributed by atoms with Gasteiger partial charge in [0, 0.05) is 4.90 Å². The van der Waals surface area contributed by atoms with Gasteiger partial charge in [-0.15, -0.1) is 0 Å². The maximum Gasteiger partial charge on any atom is 0.270 e. The Hall–Kier alpha value is -2.75. The number of nitrogens with zero attached hydrogens (tertiary/aromatic N) is 1. The van der Waals surface area contributed by atoms with Gasteiger partial charge in [-0.3, -0.25) is 14.9 Å². The maximum absolute atomic E-state index is 14.2. The molecule has 4 rings (SSSR count). The van der Waals surface area contributed by atoms with Crippen LogP contribution in [-0.2, 0) is 9.59 Å². The van der Waals surface area contributed by atoms with E-state index in [9.17, 15) is 14.0 Å². The van der Waals surface area contributed by atoms with E-state index in [1.807, 2.05) is 31.2 Å². The number of hydrogen-bond acceptors (Lipinski definition) is 5. The third kappa shape index (κ3) is 4.48. The minimum absolute atomic E-state index is 0.0420. The molecule has 2 heterocycles. The molecular formula is C22H14BrFN2O3S2. The summed E-state index contributed by atoms with van der Waals surface area (Å²) >= 11 is 9.93. The fraction of sp³-hybridized carbons (Fsp3) is 0.0455. The van der Waals surface area contributed by atoms with Crippen molar-refractivity contribution in [3.05, 3.63) is 81.8 Å². The summed E-state index contributed by atoms with van der Waals surface area (Å²) in [5.74, 6) is -1.76. The molecule has 0 unspecified atom stereocenters. The number of para-hydroxylation sites is 1. The number of carbonyl (C=O) groups excluding carboxylic acids is 2. The van der Waals surface area contributed by atoms with Crippen LogP contribution in [0.4, 0.5) is 10.1 Å². The van der Waals surface area contributed by atoms with E-state index in [1.54, 1.807) is 12.1 Å². The molecule has 156 valence electrons. The molecule has 1 fully saturated rings. The fourth-order valence-corrected chi connectivity index (χ4v) is 4.48. The quantitative estimate of drug-likeness (QED) is 0.283. The zero-order valence-corrected chi connectivity index (χ0v) is 19.2. The van der Waals surface area contributed by atoms with Gasteiger partial charge in [0.2, 0.25) is 0 Å². The number of nitrogens with one attached hydrogen (secondary N) is 1. The van der Waals surface area contributed by atoms with Crippen LogP contribution in [0.25, 0.3) is 6.08 Å². The fourth-order valence-electron chi connectivity index (χ4n) is 2.87. The van der Waals surface area contributed by atoms with Gasteiger partial charge in [-0.25, -0.2) is 9.29 Å². The molecule has 3 aromatic rings. The zero-order valence-electron chi connectivity index (χ0n) is 16.0. The van der Waals surface area contributed by atoms with Crippen molar-refractivity contribution >= 4 is 68.6 Å². The van der Waals surface area contributed by atoms with Crippen molar-refractivity contribution < 1.29 is 18.4 Å². The Morgan fingerprint density at radius 2 is 1.87 bits per heavy atom. The molecule has 1 aliphatic heterocycles. The Bertz CT molecular complexity index is 1240. The first-order valence-corrected chi connectivity index (χ1v) is 11.0. The molecule has 31 heavy (non-hydrogen) atoms. The summed E-state index contributed by atoms with van der Waals surface area (Å²) in [6, 6.07) is 15.3. The highest BCUT2D eigenvalue weighted by Crippen LogP contribution is 2.37. The molecule has 0 radical (unpaired) electrons. The third-order valence-electron chi connectivity index (χ3n) is 4.39. The maximum atomic E-state index is 14.2. The molecule has 1 aromatic heterocycles. The average molecular weight is 517 g/mol. The van der Waals surface area contributed by atoms with Gasteiger partial charge in [0.1, 0.15) is 17.2 Å². The van der Waals surface area contributed by atoms with Gasteiger partial charge < -0.3 is 4.42 Å². The van der Waals surface area contributed by atoms with Crippen LogP contribution >= 0.6 is 39.9 Å². The van der Waals surface area contributed by atoms with Crippen molar-refractivity contribution in [1.29, 1.82) is 0 Å². The minimum Gasteiger partial charge on any atom is -0.449 e. The second kappa shape index (κ2) is 8.78. The average Bonchev–Trinajstić information content (AvgIpc) is 3.07. The Morgan fingerprint density at radius 3 is 2.58 bits per heavy atom. The standard InChI is InChI=1S/C22H14BrFN2O3S2/c1-12-6-8-14(9-7-12)31-21-16(23)11-13(29-21)10-15-19(27)25-22(30)26(20(15)28)18-5-3-2-4-17(18)24/h2-11H,1H3,(H,25,27,30)/b15-10+. The molecule has 9 heteroatoms. The van der Waals surface area contributed by atoms with E-state index >= 15 is 0 Å². The van der Waals surface area contributed by atoms with Gasteiger partial charge in [-0.2, -0.15) is 0 Å². The van der Waals surface area contributed by atoms with Crippen molar-refractivity contribution in [1.82, 2.24) is 5.32 Å². The lowest BCUT2D eigenvalue weighted by Gasteiger charge is -2.28. The van der Waals surface area contributed by atoms with Crippen LogP contribution in [0, 0.1) is 12.7 Å². The lowest BCUT2D eigenvalue weighted by molar-refractivity contribution is -0.122. The summed E-state index contributed by atoms with van der Waals surface area (Å²) in [5, 5.41) is 2.81. The number of aryl methyl sites for hydroxylation is 1. The number of halogens is 2. The monoisotopic (exact) mass is 516 g/mol. The van der Waals surface area contributed by atoms with Crippen molar-refractivity contribution in [2.45, 2.75) is 16.9 Å². The van der Waals surface area contributed by atoms with Gasteiger partial charge in [0.05, 0.1) is 10.2 Å². The second-order valence-corrected chi connectivity index (χ2v) is 8.90. The van der Waals surface area contributed by atoms with E-state index < -0.39 is 17.6 Å². The second-order valence-electron chi connectivity index (χ2n) is 6.61. The number of thiocarbonyl (C=S) groups is 1. The number of amides is 2. The van der Waals surface area contributed by atoms with Crippen LogP contribution in [0.1, 0.15) is 11.3 Å². The number of hydrogen-bond donors (Lipinski definition) is 1. The van der Waals surface area contributed by atoms with Gasteiger partial charge in [-0.05, 0) is 71.5 Å². The first-order chi connectivity index (χ1) is 14.8. The molecule has 1 aliphatic rings. The Kier molecular flexibility index (Phi) is 6.08. The predicted octanol–water partition coefficient (Wildman–Crippen LogP) is 5.47. The summed E-state index contributed by atoms with van der Waals surface area (Å²) in [5.41, 5.74) is 0.886. The lowest BCUT2D eigenvalue weighted by Crippen LogP contribution is -2.54. The van der Waals surface area contributed by atoms with E-state index in [2.05, 4.69) is 21.2 Å². The van der Waals surface area contributed by atoms with Crippen molar-refractivity contribution in [3.63, 3.8) is 0 Å². The minimum atomic E-state index is -0.737. The van der Waals surface area contributed by atoms with Crippen molar-refractivity contribution in [2.24, 2.45) is 0 Å². The first-order valence-electron chi connectivity index (χ1n) is 9.03. The van der Waals surface area contributed by atoms with E-state index in [0.717, 1.165) is 15.4 Å². The lowest BCUT2D eigenvalue weighted by atomic mass is 10.1. The summed E-state index contributed by atoms with van der Waals surface area (Å²) in [4.78, 5) is 27.4. The molecule has 0 bridgehead atoms. The smallest absolute Gasteiger partial charge is 0.270 e. The van der Waals surface area contributed by atoms with Gasteiger partial charge >= 0.3 is 0 Å². The molecule has 1 N–H and O–H groups in total. The summed E-state index contributed by atoms with van der Waals surface area (Å²) < 4.78 is 20.7. The SMILES string of the molecule is Cc1ccc(Sc2oc(/C=C3\C(=O)NC(=S)N(c4ccccc4F)C3=O)cc2Br)cc1. The molecule has 0 atom stereocenters. The van der Waals surface area contributed by atoms with Gasteiger partial charge in [-0.1, -0.05) is 41.6 Å². The molecule has 2 aromatic carbocycles. The Morgan fingerprint density at radius 1 is 1.16 bits per heavy atom. The van der Waals surface area contributed by atoms with Crippen LogP contribution in [0.2, 0.25) is 0 Å². The van der Waals surface area contributed by atoms with Gasteiger partial charge in [0.25, 0.3) is 11.8 Å². The summed E-state index contributed by atoms with van der Waals surface area (Å²) in [6.45, 7) is 2.00. The Labute approximate surface area is 195 Å². The van der Waals surface area contributed by atoms with Crippen LogP contribution in [0.5, 0.6) is 0 Å². The molecule has 0 spiro atoms. The number of furan rings is 1. The van der Waals surface area contributed by atoms with E-state index in [1.165, 1.54) is 36.0 Å². The van der Waals surface area contributed by atoms with Crippen molar-refractivity contribution in [3.8, 4) is 0 Å². The van der Waals surface area contributed by atoms with Crippen LogP contribution in [0.3, 0.4) is 0 Å². The topological polar surface area (TPSA) is 62.6 Å². The van der Waals surface area contributed by atoms with E-state index in [0.29, 0.717) is 15.3 Å². The molecule has 0 saturated carbocycles. The third-order valence-corrected chi connectivity index (χ3v) is 6.52. The molecule has 0 aliphatic carbocycles. The van der Waals surface area contributed by atoms with Crippen LogP contribution in [-0.4, -0.2) is 16.9 Å². The molecular weight excluding hydrogens is 503 g/mol. The Balaban J connectivity index is 1.65. The molecule has 2 amide bonds. The summed E-state index contributed by atoms with van der Waals surface area (Å²) in [6.07, 6.45) is 1.32. The molecule has 1 saturated heterocycles. The van der Waals surface area contributed by atoms with E-state index in [4.69, 9.17) is 16.6 Å². The van der Waals surface area contributed by atoms with Crippen LogP contribution < -0.4 is 10.2 Å². The highest BCUT2D eigenvalue weighted by atomic mass is 79.9. The number of rotatable bonds is 4. The normalized spacial score (nSPS) is 15.5. The van der Waals surface area contributed by atoms with Gasteiger partial charge in [0.15, 0.2) is 10.2 Å². The number of anilines is 1. The largest absolute Gasteiger partial charge is 0.449 e. The zero-order chi connectivity index (χ0) is 22.1. The predicted molar refractivity (Wildman–Crippen MR) is 124 cm³/mol. The van der Waals surface area contributed by atoms with Crippen LogP contribution in [0.15, 0.2) is 79.0 Å². The highest BCUT2D eigenvalue weighted by molar-refractivity contribution is 9.10. The molecule has 5 nitrogen and oxygen atoms in total. The van der Waals surface area contributed by atoms with Crippen molar-refractivity contribution in [2.75, 3.05) is 4.90 Å².